The summed E-state index contributed by atoms with van der Waals surface area (Å²) in [6.07, 6.45) is 36.3. The number of ether oxygens (including phenoxy) is 4. The smallest absolute Gasteiger partial charge is 0.146 e. The molecule has 4 atom stereocenters. The summed E-state index contributed by atoms with van der Waals surface area (Å²) >= 11 is 11.1. The van der Waals surface area contributed by atoms with E-state index in [2.05, 4.69) is 141 Å². The molecule has 96 heavy (non-hydrogen) atoms. The molecule has 0 saturated heterocycles. The molecular formula is C84H114N2O4S6. The predicted octanol–water partition coefficient (Wildman–Crippen LogP) is 29.5. The summed E-state index contributed by atoms with van der Waals surface area (Å²) in [6, 6.07) is 23.6. The number of aryl methyl sites for hydroxylation is 2. The van der Waals surface area contributed by atoms with Crippen LogP contribution in [-0.2, 0) is 12.8 Å². The number of fused-ring (bicyclic) bond motifs is 5. The van der Waals surface area contributed by atoms with Crippen molar-refractivity contribution in [3.05, 3.63) is 81.2 Å². The van der Waals surface area contributed by atoms with E-state index in [1.54, 1.807) is 22.7 Å². The zero-order valence-electron chi connectivity index (χ0n) is 60.3. The molecule has 4 unspecified atom stereocenters. The number of aromatic nitrogens is 2. The van der Waals surface area contributed by atoms with Gasteiger partial charge in [0.1, 0.15) is 34.4 Å². The standard InChI is InChI=1S/C84H114N2O4S6/c1-11-21-27-29-31-33-39-61-41-45-69(93-61)75-76(70-46-42-62(94-70)40-34-32-30-28-22-12-2)86-74-64(72-52-68-80(90-56-60(20-10)38-26-16-6)82-66(48-50-92-82)78(84(68)96-72)88-54-58(18-8)36-24-14-4)44-43-63(73(74)85-75)71-51-67-79(89-55-59(19-9)37-25-15-5)81-65(47-49-91-81)77(83(67)95-71)87-53-57(17-7)35-23-13-3/h41-52,57-60H,11-40,53-56H2,1-10H3. The number of hydrogen-bond donors (Lipinski definition) is 0. The topological polar surface area (TPSA) is 62.7 Å². The predicted molar refractivity (Wildman–Crippen MR) is 428 cm³/mol. The average Bonchev–Trinajstić information content (AvgIpc) is 1.48. The van der Waals surface area contributed by atoms with Gasteiger partial charge in [-0.1, -0.05) is 223 Å². The quantitative estimate of drug-likeness (QED) is 0.0354. The van der Waals surface area contributed by atoms with E-state index in [1.807, 2.05) is 45.3 Å². The van der Waals surface area contributed by atoms with Crippen LogP contribution in [-0.4, -0.2) is 36.4 Å². The van der Waals surface area contributed by atoms with Crippen molar-refractivity contribution in [1.82, 2.24) is 9.97 Å². The first-order valence-corrected chi connectivity index (χ1v) is 43.2. The molecular weight excluding hydrogens is 1290 g/mol. The highest BCUT2D eigenvalue weighted by Gasteiger charge is 2.29. The Morgan fingerprint density at radius 3 is 1.00 bits per heavy atom. The Hall–Kier alpha value is -4.56. The van der Waals surface area contributed by atoms with Crippen LogP contribution < -0.4 is 18.9 Å². The number of benzene rings is 3. The second-order valence-electron chi connectivity index (χ2n) is 27.6. The third-order valence-electron chi connectivity index (χ3n) is 20.3. The molecule has 7 heterocycles. The normalized spacial score (nSPS) is 13.3. The van der Waals surface area contributed by atoms with Gasteiger partial charge in [-0.3, -0.25) is 0 Å². The molecule has 0 saturated carbocycles. The minimum Gasteiger partial charge on any atom is -0.491 e. The van der Waals surface area contributed by atoms with Crippen LogP contribution in [0.25, 0.3) is 93.4 Å². The first-order valence-electron chi connectivity index (χ1n) is 38.2. The highest BCUT2D eigenvalue weighted by Crippen LogP contribution is 2.55. The Bertz CT molecular complexity index is 3570. The van der Waals surface area contributed by atoms with Gasteiger partial charge in [-0.15, -0.1) is 68.0 Å². The number of unbranched alkanes of at least 4 members (excludes halogenated alkanes) is 14. The number of hydrogen-bond acceptors (Lipinski definition) is 12. The fraction of sp³-hybridized carbons (Fsp3) is 0.571. The van der Waals surface area contributed by atoms with Gasteiger partial charge >= 0.3 is 0 Å². The van der Waals surface area contributed by atoms with Crippen LogP contribution >= 0.6 is 68.0 Å². The molecule has 0 bridgehead atoms. The summed E-state index contributed by atoms with van der Waals surface area (Å²) in [6.45, 7) is 25.9. The molecule has 0 N–H and O–H groups in total. The lowest BCUT2D eigenvalue weighted by atomic mass is 10.0. The van der Waals surface area contributed by atoms with Crippen molar-refractivity contribution in [3.63, 3.8) is 0 Å². The summed E-state index contributed by atoms with van der Waals surface area (Å²) in [7, 11) is 0. The summed E-state index contributed by atoms with van der Waals surface area (Å²) in [5.74, 6) is 5.91. The fourth-order valence-electron chi connectivity index (χ4n) is 13.8. The largest absolute Gasteiger partial charge is 0.491 e. The van der Waals surface area contributed by atoms with Gasteiger partial charge in [-0.2, -0.15) is 0 Å². The second-order valence-corrected chi connectivity index (χ2v) is 33.9. The van der Waals surface area contributed by atoms with E-state index >= 15 is 0 Å². The number of thiophene rings is 6. The van der Waals surface area contributed by atoms with Crippen LogP contribution in [0.5, 0.6) is 23.0 Å². The van der Waals surface area contributed by atoms with E-state index in [-0.39, 0.29) is 0 Å². The van der Waals surface area contributed by atoms with Crippen LogP contribution in [0.3, 0.4) is 0 Å². The highest BCUT2D eigenvalue weighted by molar-refractivity contribution is 7.24. The van der Waals surface area contributed by atoms with Gasteiger partial charge in [0.15, 0.2) is 0 Å². The zero-order valence-corrected chi connectivity index (χ0v) is 65.2. The molecule has 10 aromatic rings. The zero-order chi connectivity index (χ0) is 67.2. The third-order valence-corrected chi connectivity index (χ3v) is 26.8. The molecule has 520 valence electrons. The van der Waals surface area contributed by atoms with Gasteiger partial charge in [0, 0.05) is 52.2 Å². The minimum atomic E-state index is 0.486. The summed E-state index contributed by atoms with van der Waals surface area (Å²) in [5, 5.41) is 9.05. The minimum absolute atomic E-state index is 0.486. The van der Waals surface area contributed by atoms with E-state index in [4.69, 9.17) is 28.9 Å². The van der Waals surface area contributed by atoms with Gasteiger partial charge in [-0.05, 0) is 134 Å². The van der Waals surface area contributed by atoms with Crippen LogP contribution in [0, 0.1) is 23.7 Å². The lowest BCUT2D eigenvalue weighted by Gasteiger charge is -2.19. The lowest BCUT2D eigenvalue weighted by Crippen LogP contribution is -2.12. The van der Waals surface area contributed by atoms with Crippen molar-refractivity contribution in [2.24, 2.45) is 23.7 Å². The number of nitrogens with zero attached hydrogens (tertiary/aromatic N) is 2. The Morgan fingerprint density at radius 2 is 0.656 bits per heavy atom. The van der Waals surface area contributed by atoms with Crippen molar-refractivity contribution >= 4 is 119 Å². The van der Waals surface area contributed by atoms with E-state index in [0.717, 1.165) is 136 Å². The van der Waals surface area contributed by atoms with Crippen LogP contribution in [0.15, 0.2) is 71.4 Å². The second kappa shape index (κ2) is 38.3. The van der Waals surface area contributed by atoms with E-state index < -0.39 is 0 Å². The maximum atomic E-state index is 7.25. The average molecular weight is 1410 g/mol. The molecule has 0 radical (unpaired) electrons. The molecule has 0 aliphatic heterocycles. The van der Waals surface area contributed by atoms with Gasteiger partial charge in [0.05, 0.1) is 66.0 Å². The molecule has 0 fully saturated rings. The SMILES string of the molecule is CCCCCCCCc1ccc(-c2nc3c(-c4cc5c(OCC(CC)CCCC)c6sccc6c(OCC(CC)CCCC)c5s4)ccc(-c4cc5c(OCC(CC)CCCC)c6sccc6c(OCC(CC)CCCC)c5s4)c3nc2-c2ccc(CCCCCCCC)s2)s1. The summed E-state index contributed by atoms with van der Waals surface area (Å²) in [4.78, 5) is 19.8. The van der Waals surface area contributed by atoms with Gasteiger partial charge in [-0.25, -0.2) is 9.97 Å². The Balaban J connectivity index is 1.21. The van der Waals surface area contributed by atoms with Gasteiger partial charge < -0.3 is 18.9 Å². The summed E-state index contributed by atoms with van der Waals surface area (Å²) < 4.78 is 33.7. The summed E-state index contributed by atoms with van der Waals surface area (Å²) in [5.41, 5.74) is 5.97. The van der Waals surface area contributed by atoms with Crippen LogP contribution in [0.1, 0.15) is 259 Å². The van der Waals surface area contributed by atoms with Crippen molar-refractivity contribution in [2.45, 2.75) is 262 Å². The maximum absolute atomic E-state index is 7.25. The van der Waals surface area contributed by atoms with Crippen LogP contribution in [0.2, 0.25) is 0 Å². The molecule has 0 aliphatic rings. The molecule has 7 aromatic heterocycles. The van der Waals surface area contributed by atoms with Crippen molar-refractivity contribution < 1.29 is 18.9 Å². The van der Waals surface area contributed by atoms with E-state index in [1.165, 1.54) is 183 Å². The molecule has 0 aliphatic carbocycles. The first kappa shape index (κ1) is 74.1. The monoisotopic (exact) mass is 1410 g/mol. The molecule has 6 nitrogen and oxygen atoms in total. The van der Waals surface area contributed by atoms with Gasteiger partial charge in [0.25, 0.3) is 0 Å². The number of rotatable bonds is 46. The van der Waals surface area contributed by atoms with Gasteiger partial charge in [0.2, 0.25) is 0 Å². The van der Waals surface area contributed by atoms with Crippen molar-refractivity contribution in [1.29, 1.82) is 0 Å². The Kier molecular flexibility index (Phi) is 29.6. The van der Waals surface area contributed by atoms with Crippen LogP contribution in [0.4, 0.5) is 0 Å². The molecule has 3 aromatic carbocycles. The Labute approximate surface area is 601 Å². The highest BCUT2D eigenvalue weighted by atomic mass is 32.1. The van der Waals surface area contributed by atoms with Crippen molar-refractivity contribution in [3.8, 4) is 65.0 Å². The lowest BCUT2D eigenvalue weighted by molar-refractivity contribution is 0.235. The third kappa shape index (κ3) is 18.5. The first-order chi connectivity index (χ1) is 47.2. The molecule has 12 heteroatoms. The molecule has 10 rings (SSSR count). The fourth-order valence-corrected chi connectivity index (χ4v) is 20.1. The molecule has 0 spiro atoms. The maximum Gasteiger partial charge on any atom is 0.146 e. The van der Waals surface area contributed by atoms with Crippen molar-refractivity contribution in [2.75, 3.05) is 26.4 Å². The van der Waals surface area contributed by atoms with E-state index in [0.29, 0.717) is 50.1 Å². The Morgan fingerprint density at radius 1 is 0.323 bits per heavy atom. The van der Waals surface area contributed by atoms with E-state index in [9.17, 15) is 0 Å². The molecule has 0 amide bonds.